The molecule has 0 heterocycles. The highest BCUT2D eigenvalue weighted by atomic mass is 79.9. The number of esters is 1. The largest absolute Gasteiger partial charge is 0.507 e. The van der Waals surface area contributed by atoms with Crippen LogP contribution in [0.4, 0.5) is 0 Å². The highest BCUT2D eigenvalue weighted by Crippen LogP contribution is 2.44. The van der Waals surface area contributed by atoms with Gasteiger partial charge in [-0.1, -0.05) is 12.1 Å². The lowest BCUT2D eigenvalue weighted by atomic mass is 10.0. The molecule has 0 saturated heterocycles. The van der Waals surface area contributed by atoms with Gasteiger partial charge in [0.25, 0.3) is 0 Å². The lowest BCUT2D eigenvalue weighted by molar-refractivity contribution is 0.0600. The number of aromatic hydroxyl groups is 1. The van der Waals surface area contributed by atoms with Crippen molar-refractivity contribution in [2.45, 2.75) is 6.16 Å². The maximum Gasteiger partial charge on any atom is 0.337 e. The summed E-state index contributed by atoms with van der Waals surface area (Å²) in [6, 6.07) is 15.0. The van der Waals surface area contributed by atoms with Crippen molar-refractivity contribution >= 4 is 45.2 Å². The molecule has 2 N–H and O–H groups in total. The molecule has 0 aliphatic heterocycles. The van der Waals surface area contributed by atoms with Crippen LogP contribution < -0.4 is 4.74 Å². The van der Waals surface area contributed by atoms with E-state index in [1.54, 1.807) is 48.5 Å². The van der Waals surface area contributed by atoms with E-state index in [2.05, 4.69) is 31.9 Å². The second-order valence-corrected chi connectivity index (χ2v) is 11.1. The SMILES string of the molecule is COC(=O)c1cccc(-c2cc(Oc3c(Br)cc(CP(C)(=O)O)cc3Br)ccc2O)c1. The average molecular weight is 570 g/mol. The Balaban J connectivity index is 1.95. The first kappa shape index (κ1) is 23.5. The third-order valence-corrected chi connectivity index (χ3v) is 6.45. The minimum Gasteiger partial charge on any atom is -0.507 e. The summed E-state index contributed by atoms with van der Waals surface area (Å²) in [7, 11) is -1.90. The molecule has 0 fully saturated rings. The Hall–Kier alpha value is -2.12. The molecule has 0 amide bonds. The summed E-state index contributed by atoms with van der Waals surface area (Å²) >= 11 is 6.89. The van der Waals surface area contributed by atoms with E-state index in [-0.39, 0.29) is 11.9 Å². The molecule has 0 bridgehead atoms. The predicted octanol–water partition coefficient (Wildman–Crippen LogP) is 6.56. The van der Waals surface area contributed by atoms with Crippen molar-refractivity contribution in [1.29, 1.82) is 0 Å². The molecule has 0 aliphatic rings. The van der Waals surface area contributed by atoms with Crippen molar-refractivity contribution in [1.82, 2.24) is 0 Å². The highest BCUT2D eigenvalue weighted by Gasteiger charge is 2.17. The van der Waals surface area contributed by atoms with Gasteiger partial charge in [0.1, 0.15) is 11.5 Å². The van der Waals surface area contributed by atoms with Gasteiger partial charge < -0.3 is 19.5 Å². The number of phenolic OH excluding ortho intramolecular Hbond substituents is 1. The van der Waals surface area contributed by atoms with Gasteiger partial charge in [-0.15, -0.1) is 0 Å². The summed E-state index contributed by atoms with van der Waals surface area (Å²) in [6.07, 6.45) is 0.0460. The number of hydrogen-bond donors (Lipinski definition) is 2. The number of rotatable bonds is 6. The van der Waals surface area contributed by atoms with E-state index in [1.807, 2.05) is 0 Å². The summed E-state index contributed by atoms with van der Waals surface area (Å²) < 4.78 is 23.7. The maximum absolute atomic E-state index is 11.8. The number of hydrogen-bond acceptors (Lipinski definition) is 5. The van der Waals surface area contributed by atoms with Crippen LogP contribution in [0.2, 0.25) is 0 Å². The van der Waals surface area contributed by atoms with Gasteiger partial charge in [-0.05, 0) is 85.5 Å². The van der Waals surface area contributed by atoms with E-state index in [4.69, 9.17) is 9.47 Å². The quantitative estimate of drug-likeness (QED) is 0.258. The van der Waals surface area contributed by atoms with Gasteiger partial charge in [0.05, 0.1) is 21.6 Å². The molecule has 1 atom stereocenters. The third-order valence-electron chi connectivity index (χ3n) is 4.32. The van der Waals surface area contributed by atoms with Gasteiger partial charge >= 0.3 is 5.97 Å². The molecule has 0 radical (unpaired) electrons. The molecule has 1 unspecified atom stereocenters. The van der Waals surface area contributed by atoms with Crippen LogP contribution in [-0.4, -0.2) is 29.7 Å². The standard InChI is InChI=1S/C22H19Br2O6P/c1-29-22(26)15-5-3-4-14(10-15)17-11-16(6-7-20(17)25)30-21-18(23)8-13(9-19(21)24)12-31(2,27)28/h3-11,25H,12H2,1-2H3,(H,27,28). The zero-order valence-corrected chi connectivity index (χ0v) is 20.7. The van der Waals surface area contributed by atoms with Crippen molar-refractivity contribution in [3.63, 3.8) is 0 Å². The first-order valence-corrected chi connectivity index (χ1v) is 12.9. The fourth-order valence-corrected chi connectivity index (χ4v) is 5.30. The van der Waals surface area contributed by atoms with Crippen molar-refractivity contribution < 1.29 is 28.8 Å². The Morgan fingerprint density at radius 1 is 1.06 bits per heavy atom. The first-order chi connectivity index (χ1) is 14.6. The Kier molecular flexibility index (Phi) is 7.27. The zero-order chi connectivity index (χ0) is 22.8. The number of methoxy groups -OCH3 is 1. The fraction of sp³-hybridized carbons (Fsp3) is 0.136. The lowest BCUT2D eigenvalue weighted by Gasteiger charge is -2.14. The topological polar surface area (TPSA) is 93.1 Å². The molecule has 3 aromatic carbocycles. The molecule has 6 nitrogen and oxygen atoms in total. The van der Waals surface area contributed by atoms with Crippen LogP contribution in [0.15, 0.2) is 63.5 Å². The predicted molar refractivity (Wildman–Crippen MR) is 126 cm³/mol. The van der Waals surface area contributed by atoms with Crippen LogP contribution in [0, 0.1) is 0 Å². The van der Waals surface area contributed by atoms with Crippen molar-refractivity contribution in [3.8, 4) is 28.4 Å². The Labute approximate surface area is 196 Å². The molecule has 0 spiro atoms. The first-order valence-electron chi connectivity index (χ1n) is 9.04. The molecular weight excluding hydrogens is 551 g/mol. The van der Waals surface area contributed by atoms with E-state index in [9.17, 15) is 19.4 Å². The third kappa shape index (κ3) is 5.98. The molecule has 3 rings (SSSR count). The van der Waals surface area contributed by atoms with Gasteiger partial charge in [0.15, 0.2) is 5.75 Å². The van der Waals surface area contributed by atoms with Crippen LogP contribution in [0.1, 0.15) is 15.9 Å². The monoisotopic (exact) mass is 568 g/mol. The smallest absolute Gasteiger partial charge is 0.337 e. The van der Waals surface area contributed by atoms with Crippen molar-refractivity contribution in [2.75, 3.05) is 13.8 Å². The van der Waals surface area contributed by atoms with Gasteiger partial charge in [0, 0.05) is 18.4 Å². The Morgan fingerprint density at radius 2 is 1.74 bits per heavy atom. The lowest BCUT2D eigenvalue weighted by Crippen LogP contribution is -2.00. The normalized spacial score (nSPS) is 12.8. The number of halogens is 2. The van der Waals surface area contributed by atoms with Crippen molar-refractivity contribution in [3.05, 3.63) is 74.7 Å². The van der Waals surface area contributed by atoms with Gasteiger partial charge in [-0.25, -0.2) is 4.79 Å². The number of ether oxygens (including phenoxy) is 2. The second-order valence-electron chi connectivity index (χ2n) is 6.95. The minimum atomic E-state index is -3.21. The van der Waals surface area contributed by atoms with E-state index in [1.165, 1.54) is 19.8 Å². The van der Waals surface area contributed by atoms with Gasteiger partial charge in [-0.2, -0.15) is 0 Å². The molecule has 162 valence electrons. The summed E-state index contributed by atoms with van der Waals surface area (Å²) in [5.74, 6) is 0.493. The summed E-state index contributed by atoms with van der Waals surface area (Å²) in [4.78, 5) is 21.5. The molecule has 0 aliphatic carbocycles. The summed E-state index contributed by atoms with van der Waals surface area (Å²) in [6.45, 7) is 1.31. The minimum absolute atomic E-state index is 0.0319. The summed E-state index contributed by atoms with van der Waals surface area (Å²) in [5, 5.41) is 10.4. The highest BCUT2D eigenvalue weighted by molar-refractivity contribution is 9.11. The van der Waals surface area contributed by atoms with Crippen LogP contribution >= 0.6 is 39.2 Å². The molecule has 31 heavy (non-hydrogen) atoms. The maximum atomic E-state index is 11.8. The van der Waals surface area contributed by atoms with E-state index in [0.717, 1.165) is 0 Å². The van der Waals surface area contributed by atoms with Gasteiger partial charge in [-0.3, -0.25) is 4.57 Å². The van der Waals surface area contributed by atoms with Crippen molar-refractivity contribution in [2.24, 2.45) is 0 Å². The van der Waals surface area contributed by atoms with Crippen LogP contribution in [-0.2, 0) is 15.5 Å². The molecule has 0 saturated carbocycles. The molecular formula is C22H19Br2O6P. The van der Waals surface area contributed by atoms with Gasteiger partial charge in [0.2, 0.25) is 7.37 Å². The number of phenols is 1. The number of carbonyl (C=O) groups is 1. The molecule has 3 aromatic rings. The second kappa shape index (κ2) is 9.57. The van der Waals surface area contributed by atoms with Crippen LogP contribution in [0.5, 0.6) is 17.2 Å². The number of carbonyl (C=O) groups excluding carboxylic acids is 1. The van der Waals surface area contributed by atoms with E-state index < -0.39 is 13.3 Å². The summed E-state index contributed by atoms with van der Waals surface area (Å²) in [5.41, 5.74) is 2.16. The Morgan fingerprint density at radius 3 is 2.35 bits per heavy atom. The van der Waals surface area contributed by atoms with E-state index >= 15 is 0 Å². The fourth-order valence-electron chi connectivity index (χ4n) is 3.00. The zero-order valence-electron chi connectivity index (χ0n) is 16.6. The van der Waals surface area contributed by atoms with Crippen LogP contribution in [0.25, 0.3) is 11.1 Å². The Bertz CT molecular complexity index is 1170. The number of benzene rings is 3. The van der Waals surface area contributed by atoms with Crippen LogP contribution in [0.3, 0.4) is 0 Å². The average Bonchev–Trinajstić information content (AvgIpc) is 2.70. The van der Waals surface area contributed by atoms with E-state index in [0.29, 0.717) is 42.7 Å². The molecule has 0 aromatic heterocycles. The molecule has 9 heteroatoms.